The quantitative estimate of drug-likeness (QED) is 0.479. The molecule has 0 aliphatic heterocycles. The second-order valence-electron chi connectivity index (χ2n) is 5.94. The lowest BCUT2D eigenvalue weighted by molar-refractivity contribution is 0.660. The lowest BCUT2D eigenvalue weighted by Crippen LogP contribution is -2.05. The van der Waals surface area contributed by atoms with Crippen LogP contribution in [-0.4, -0.2) is 0 Å². The minimum Gasteiger partial charge on any atom is -0.398 e. The first kappa shape index (κ1) is 19.0. The number of nitrogens with two attached hydrogens (primary N) is 1. The summed E-state index contributed by atoms with van der Waals surface area (Å²) in [7, 11) is 0. The summed E-state index contributed by atoms with van der Waals surface area (Å²) in [6.07, 6.45) is 3.32. The third-order valence-corrected chi connectivity index (χ3v) is 3.92. The molecule has 1 unspecified atom stereocenters. The van der Waals surface area contributed by atoms with Gasteiger partial charge in [0.1, 0.15) is 0 Å². The molecule has 2 N–H and O–H groups in total. The summed E-state index contributed by atoms with van der Waals surface area (Å²) >= 11 is 0. The molecule has 2 rings (SSSR count). The molecular weight excluding hydrogens is 278 g/mol. The average Bonchev–Trinajstić information content (AvgIpc) is 2.57. The first-order chi connectivity index (χ1) is 11.1. The Morgan fingerprint density at radius 3 is 2.35 bits per heavy atom. The summed E-state index contributed by atoms with van der Waals surface area (Å²) < 4.78 is 0. The van der Waals surface area contributed by atoms with Gasteiger partial charge in [0.2, 0.25) is 0 Å². The zero-order valence-corrected chi connectivity index (χ0v) is 15.1. The van der Waals surface area contributed by atoms with Gasteiger partial charge in [-0.3, -0.25) is 0 Å². The molecule has 0 heterocycles. The number of anilines is 1. The van der Waals surface area contributed by atoms with Crippen LogP contribution in [0.2, 0.25) is 0 Å². The minimum absolute atomic E-state index is 0.366. The molecule has 1 heteroatoms. The average molecular weight is 309 g/mol. The van der Waals surface area contributed by atoms with Gasteiger partial charge in [0, 0.05) is 11.6 Å². The molecule has 0 aromatic heterocycles. The van der Waals surface area contributed by atoms with Crippen molar-refractivity contribution in [3.8, 4) is 0 Å². The summed E-state index contributed by atoms with van der Waals surface area (Å²) in [5.74, 6) is 0.366. The first-order valence-electron chi connectivity index (χ1n) is 8.63. The van der Waals surface area contributed by atoms with E-state index in [1.165, 1.54) is 22.3 Å². The fourth-order valence-electron chi connectivity index (χ4n) is 2.79. The van der Waals surface area contributed by atoms with Crippen molar-refractivity contribution in [2.75, 3.05) is 5.73 Å². The molecule has 1 atom stereocenters. The second-order valence-corrected chi connectivity index (χ2v) is 5.94. The Labute approximate surface area is 142 Å². The largest absolute Gasteiger partial charge is 0.398 e. The van der Waals surface area contributed by atoms with Crippen LogP contribution in [0.15, 0.2) is 60.7 Å². The molecule has 0 spiro atoms. The summed E-state index contributed by atoms with van der Waals surface area (Å²) in [5.41, 5.74) is 12.2. The van der Waals surface area contributed by atoms with Gasteiger partial charge in [0.15, 0.2) is 0 Å². The predicted molar refractivity (Wildman–Crippen MR) is 104 cm³/mol. The molecule has 124 valence electrons. The molecule has 0 saturated heterocycles. The van der Waals surface area contributed by atoms with E-state index in [-0.39, 0.29) is 0 Å². The molecule has 0 amide bonds. The Bertz CT molecular complexity index is 599. The molecule has 2 aromatic carbocycles. The highest BCUT2D eigenvalue weighted by molar-refractivity contribution is 5.53. The maximum Gasteiger partial charge on any atom is 0.0353 e. The minimum atomic E-state index is 0.366. The van der Waals surface area contributed by atoms with Gasteiger partial charge in [-0.25, -0.2) is 0 Å². The van der Waals surface area contributed by atoms with Crippen molar-refractivity contribution in [2.24, 2.45) is 0 Å². The van der Waals surface area contributed by atoms with Crippen molar-refractivity contribution >= 4 is 5.69 Å². The van der Waals surface area contributed by atoms with Gasteiger partial charge >= 0.3 is 0 Å². The standard InChI is InChI=1S/C20H25N.C2H6/c1-15(2)8-7-11-18(17-9-5-4-6-10-17)19-14-16(3)12-13-20(19)21;1-2/h4-6,9-10,12-14,18H,1,7-8,11,21H2,2-3H3;1-2H3. The molecule has 23 heavy (non-hydrogen) atoms. The zero-order chi connectivity index (χ0) is 17.2. The van der Waals surface area contributed by atoms with Gasteiger partial charge in [0.05, 0.1) is 0 Å². The topological polar surface area (TPSA) is 26.0 Å². The van der Waals surface area contributed by atoms with Crippen molar-refractivity contribution in [2.45, 2.75) is 52.9 Å². The van der Waals surface area contributed by atoms with Gasteiger partial charge in [-0.1, -0.05) is 67.4 Å². The third-order valence-electron chi connectivity index (χ3n) is 3.92. The molecule has 0 aliphatic carbocycles. The molecular formula is C22H31N. The Morgan fingerprint density at radius 1 is 1.09 bits per heavy atom. The Morgan fingerprint density at radius 2 is 1.74 bits per heavy atom. The van der Waals surface area contributed by atoms with E-state index in [0.29, 0.717) is 5.92 Å². The molecule has 0 saturated carbocycles. The van der Waals surface area contributed by atoms with Gasteiger partial charge in [-0.2, -0.15) is 0 Å². The van der Waals surface area contributed by atoms with Crippen molar-refractivity contribution < 1.29 is 0 Å². The van der Waals surface area contributed by atoms with Crippen LogP contribution in [0.1, 0.15) is 62.6 Å². The third kappa shape index (κ3) is 5.94. The van der Waals surface area contributed by atoms with E-state index >= 15 is 0 Å². The lowest BCUT2D eigenvalue weighted by Gasteiger charge is -2.20. The number of hydrogen-bond donors (Lipinski definition) is 1. The Balaban J connectivity index is 0.00000127. The number of nitrogen functional groups attached to an aromatic ring is 1. The van der Waals surface area contributed by atoms with Crippen LogP contribution in [0.5, 0.6) is 0 Å². The second kappa shape index (κ2) is 9.89. The van der Waals surface area contributed by atoms with Crippen molar-refractivity contribution in [3.05, 3.63) is 77.4 Å². The highest BCUT2D eigenvalue weighted by Crippen LogP contribution is 2.34. The molecule has 0 fully saturated rings. The number of rotatable bonds is 6. The van der Waals surface area contributed by atoms with Crippen LogP contribution in [-0.2, 0) is 0 Å². The lowest BCUT2D eigenvalue weighted by atomic mass is 9.85. The normalized spacial score (nSPS) is 11.3. The fraction of sp³-hybridized carbons (Fsp3) is 0.364. The van der Waals surface area contributed by atoms with Crippen LogP contribution in [0.25, 0.3) is 0 Å². The number of hydrogen-bond acceptors (Lipinski definition) is 1. The van der Waals surface area contributed by atoms with Gasteiger partial charge < -0.3 is 5.73 Å². The van der Waals surface area contributed by atoms with Crippen LogP contribution in [0.4, 0.5) is 5.69 Å². The van der Waals surface area contributed by atoms with Crippen LogP contribution < -0.4 is 5.73 Å². The van der Waals surface area contributed by atoms with Crippen molar-refractivity contribution in [1.82, 2.24) is 0 Å². The molecule has 0 bridgehead atoms. The van der Waals surface area contributed by atoms with E-state index in [1.807, 2.05) is 19.9 Å². The fourth-order valence-corrected chi connectivity index (χ4v) is 2.79. The van der Waals surface area contributed by atoms with E-state index < -0.39 is 0 Å². The highest BCUT2D eigenvalue weighted by Gasteiger charge is 2.16. The van der Waals surface area contributed by atoms with Gasteiger partial charge in [-0.05, 0) is 50.3 Å². The van der Waals surface area contributed by atoms with Crippen molar-refractivity contribution in [1.29, 1.82) is 0 Å². The monoisotopic (exact) mass is 309 g/mol. The van der Waals surface area contributed by atoms with Crippen LogP contribution >= 0.6 is 0 Å². The highest BCUT2D eigenvalue weighted by atomic mass is 14.6. The van der Waals surface area contributed by atoms with Crippen molar-refractivity contribution in [3.63, 3.8) is 0 Å². The molecule has 0 radical (unpaired) electrons. The number of allylic oxidation sites excluding steroid dienone is 1. The summed E-state index contributed by atoms with van der Waals surface area (Å²) in [6.45, 7) is 12.2. The predicted octanol–water partition coefficient (Wildman–Crippen LogP) is 6.48. The molecule has 2 aromatic rings. The molecule has 1 nitrogen and oxygen atoms in total. The summed E-state index contributed by atoms with van der Waals surface area (Å²) in [4.78, 5) is 0. The summed E-state index contributed by atoms with van der Waals surface area (Å²) in [5, 5.41) is 0. The molecule has 0 aliphatic rings. The van der Waals surface area contributed by atoms with Crippen LogP contribution in [0, 0.1) is 6.92 Å². The van der Waals surface area contributed by atoms with Gasteiger partial charge in [-0.15, -0.1) is 6.58 Å². The van der Waals surface area contributed by atoms with Crippen LogP contribution in [0.3, 0.4) is 0 Å². The van der Waals surface area contributed by atoms with E-state index in [1.54, 1.807) is 0 Å². The maximum absolute atomic E-state index is 6.24. The van der Waals surface area contributed by atoms with Gasteiger partial charge in [0.25, 0.3) is 0 Å². The van der Waals surface area contributed by atoms with E-state index in [9.17, 15) is 0 Å². The SMILES string of the molecule is C=C(C)CCCC(c1ccccc1)c1cc(C)ccc1N.CC. The number of benzene rings is 2. The Kier molecular flexibility index (Phi) is 8.18. The smallest absolute Gasteiger partial charge is 0.0353 e. The Hall–Kier alpha value is -2.02. The zero-order valence-electron chi connectivity index (χ0n) is 15.1. The van der Waals surface area contributed by atoms with E-state index in [2.05, 4.69) is 62.9 Å². The maximum atomic E-state index is 6.24. The first-order valence-corrected chi connectivity index (χ1v) is 8.63. The summed E-state index contributed by atoms with van der Waals surface area (Å²) in [6, 6.07) is 17.0. The van der Waals surface area contributed by atoms with E-state index in [0.717, 1.165) is 24.9 Å². The number of aryl methyl sites for hydroxylation is 1. The van der Waals surface area contributed by atoms with E-state index in [4.69, 9.17) is 5.73 Å².